The Hall–Kier alpha value is -1.56. The fourth-order valence-corrected chi connectivity index (χ4v) is 1.01. The third-order valence-electron chi connectivity index (χ3n) is 1.74. The van der Waals surface area contributed by atoms with Crippen LogP contribution in [0.4, 0.5) is 4.79 Å². The number of aliphatic carboxylic acids is 1. The summed E-state index contributed by atoms with van der Waals surface area (Å²) in [6.07, 6.45) is -0.780. The molecule has 0 saturated carbocycles. The number of carboxylic acid groups (broad SMARTS) is 1. The zero-order valence-corrected chi connectivity index (χ0v) is 10.3. The van der Waals surface area contributed by atoms with E-state index in [2.05, 4.69) is 11.9 Å². The van der Waals surface area contributed by atoms with E-state index in [0.717, 1.165) is 0 Å². The highest BCUT2D eigenvalue weighted by Crippen LogP contribution is 2.08. The van der Waals surface area contributed by atoms with Crippen molar-refractivity contribution in [2.45, 2.75) is 44.9 Å². The predicted molar refractivity (Wildman–Crippen MR) is 61.6 cm³/mol. The summed E-state index contributed by atoms with van der Waals surface area (Å²) in [7, 11) is 0. The lowest BCUT2D eigenvalue weighted by molar-refractivity contribution is -0.140. The van der Waals surface area contributed by atoms with Crippen molar-refractivity contribution in [3.05, 3.63) is 12.7 Å². The summed E-state index contributed by atoms with van der Waals surface area (Å²) >= 11 is 0. The molecule has 3 N–H and O–H groups in total. The maximum absolute atomic E-state index is 11.3. The zero-order valence-electron chi connectivity index (χ0n) is 10.3. The fourth-order valence-electron chi connectivity index (χ4n) is 1.01. The maximum atomic E-state index is 11.3. The van der Waals surface area contributed by atoms with Crippen LogP contribution in [0.25, 0.3) is 0 Å². The Morgan fingerprint density at radius 2 is 2.00 bits per heavy atom. The van der Waals surface area contributed by atoms with E-state index in [-0.39, 0.29) is 6.42 Å². The minimum Gasteiger partial charge on any atom is -0.480 e. The van der Waals surface area contributed by atoms with Gasteiger partial charge in [0.2, 0.25) is 0 Å². The Morgan fingerprint density at radius 3 is 2.35 bits per heavy atom. The number of alkyl carbamates (subject to hydrolysis) is 1. The second kappa shape index (κ2) is 6.24. The van der Waals surface area contributed by atoms with Crippen LogP contribution in [0.15, 0.2) is 12.7 Å². The van der Waals surface area contributed by atoms with Crippen molar-refractivity contribution in [1.29, 1.82) is 0 Å². The number of aliphatic hydroxyl groups is 1. The Bertz CT molecular complexity index is 295. The van der Waals surface area contributed by atoms with Gasteiger partial charge in [0.15, 0.2) is 0 Å². The number of nitrogens with one attached hydrogen (secondary N) is 1. The van der Waals surface area contributed by atoms with Crippen LogP contribution in [0, 0.1) is 0 Å². The van der Waals surface area contributed by atoms with Crippen LogP contribution in [-0.2, 0) is 9.53 Å². The Balaban J connectivity index is 4.40. The van der Waals surface area contributed by atoms with Crippen LogP contribution in [0.2, 0.25) is 0 Å². The molecule has 0 saturated heterocycles. The average molecular weight is 245 g/mol. The maximum Gasteiger partial charge on any atom is 0.408 e. The van der Waals surface area contributed by atoms with Gasteiger partial charge in [-0.15, -0.1) is 6.58 Å². The predicted octanol–water partition coefficient (Wildman–Crippen LogP) is 0.901. The molecule has 98 valence electrons. The van der Waals surface area contributed by atoms with Gasteiger partial charge in [-0.05, 0) is 20.8 Å². The smallest absolute Gasteiger partial charge is 0.408 e. The molecule has 6 heteroatoms. The molecular formula is C11H19NO5. The van der Waals surface area contributed by atoms with Crippen LogP contribution in [0.5, 0.6) is 0 Å². The standard InChI is InChI=1S/C11H19NO5/c1-5-7(13)6-8(9(14)15)12-10(16)17-11(2,3)4/h5,7-8,13H,1,6H2,2-4H3,(H,12,16)(H,14,15). The zero-order chi connectivity index (χ0) is 13.6. The Labute approximate surface area is 100 Å². The minimum atomic E-state index is -1.24. The van der Waals surface area contributed by atoms with Gasteiger partial charge in [-0.2, -0.15) is 0 Å². The summed E-state index contributed by atoms with van der Waals surface area (Å²) in [5.41, 5.74) is -0.704. The number of hydrogen-bond donors (Lipinski definition) is 3. The van der Waals surface area contributed by atoms with E-state index in [1.54, 1.807) is 20.8 Å². The Morgan fingerprint density at radius 1 is 1.47 bits per heavy atom. The highest BCUT2D eigenvalue weighted by molar-refractivity contribution is 5.80. The van der Waals surface area contributed by atoms with Crippen molar-refractivity contribution in [2.24, 2.45) is 0 Å². The number of hydrogen-bond acceptors (Lipinski definition) is 4. The van der Waals surface area contributed by atoms with Gasteiger partial charge in [-0.1, -0.05) is 6.08 Å². The highest BCUT2D eigenvalue weighted by Gasteiger charge is 2.25. The first-order valence-corrected chi connectivity index (χ1v) is 5.18. The molecule has 1 amide bonds. The molecule has 2 atom stereocenters. The summed E-state index contributed by atoms with van der Waals surface area (Å²) in [5.74, 6) is -1.24. The van der Waals surface area contributed by atoms with Crippen LogP contribution in [0.3, 0.4) is 0 Å². The van der Waals surface area contributed by atoms with Gasteiger partial charge < -0.3 is 20.3 Å². The van der Waals surface area contributed by atoms with Gasteiger partial charge >= 0.3 is 12.1 Å². The average Bonchev–Trinajstić information content (AvgIpc) is 2.13. The largest absolute Gasteiger partial charge is 0.480 e. The number of carboxylic acids is 1. The molecule has 0 aromatic rings. The molecule has 0 fully saturated rings. The molecular weight excluding hydrogens is 226 g/mol. The van der Waals surface area contributed by atoms with Crippen molar-refractivity contribution in [3.8, 4) is 0 Å². The highest BCUT2D eigenvalue weighted by atomic mass is 16.6. The van der Waals surface area contributed by atoms with Gasteiger partial charge in [-0.3, -0.25) is 0 Å². The van der Waals surface area contributed by atoms with E-state index >= 15 is 0 Å². The fraction of sp³-hybridized carbons (Fsp3) is 0.636. The molecule has 0 aliphatic rings. The number of carbonyl (C=O) groups excluding carboxylic acids is 1. The van der Waals surface area contributed by atoms with Crippen molar-refractivity contribution < 1.29 is 24.5 Å². The van der Waals surface area contributed by atoms with Gasteiger partial charge in [0.25, 0.3) is 0 Å². The molecule has 17 heavy (non-hydrogen) atoms. The molecule has 0 aliphatic heterocycles. The molecule has 0 bridgehead atoms. The summed E-state index contributed by atoms with van der Waals surface area (Å²) < 4.78 is 4.91. The normalized spacial score (nSPS) is 14.6. The number of amides is 1. The second-order valence-electron chi connectivity index (χ2n) is 4.58. The number of rotatable bonds is 5. The quantitative estimate of drug-likeness (QED) is 0.625. The third kappa shape index (κ3) is 7.35. The second-order valence-corrected chi connectivity index (χ2v) is 4.58. The lowest BCUT2D eigenvalue weighted by atomic mass is 10.1. The summed E-state index contributed by atoms with van der Waals surface area (Å²) in [4.78, 5) is 22.2. The van der Waals surface area contributed by atoms with E-state index in [1.165, 1.54) is 6.08 Å². The number of aliphatic hydroxyl groups excluding tert-OH is 1. The van der Waals surface area contributed by atoms with Gasteiger partial charge in [0.05, 0.1) is 6.10 Å². The Kier molecular flexibility index (Phi) is 5.67. The van der Waals surface area contributed by atoms with Crippen molar-refractivity contribution >= 4 is 12.1 Å². The van der Waals surface area contributed by atoms with Crippen LogP contribution < -0.4 is 5.32 Å². The first-order valence-electron chi connectivity index (χ1n) is 5.18. The van der Waals surface area contributed by atoms with Crippen LogP contribution in [0.1, 0.15) is 27.2 Å². The van der Waals surface area contributed by atoms with E-state index < -0.39 is 29.8 Å². The van der Waals surface area contributed by atoms with Gasteiger partial charge in [0, 0.05) is 6.42 Å². The van der Waals surface area contributed by atoms with E-state index in [0.29, 0.717) is 0 Å². The molecule has 0 aromatic carbocycles. The van der Waals surface area contributed by atoms with Crippen LogP contribution in [-0.4, -0.2) is 40.0 Å². The van der Waals surface area contributed by atoms with E-state index in [9.17, 15) is 14.7 Å². The van der Waals surface area contributed by atoms with Gasteiger partial charge in [-0.25, -0.2) is 9.59 Å². The number of carbonyl (C=O) groups is 2. The molecule has 0 heterocycles. The molecule has 0 rings (SSSR count). The van der Waals surface area contributed by atoms with Crippen molar-refractivity contribution in [3.63, 3.8) is 0 Å². The van der Waals surface area contributed by atoms with Crippen LogP contribution >= 0.6 is 0 Å². The third-order valence-corrected chi connectivity index (χ3v) is 1.74. The number of ether oxygens (including phenoxy) is 1. The lowest BCUT2D eigenvalue weighted by Gasteiger charge is -2.22. The summed E-state index contributed by atoms with van der Waals surface area (Å²) in [6.45, 7) is 8.33. The van der Waals surface area contributed by atoms with Crippen molar-refractivity contribution in [2.75, 3.05) is 0 Å². The molecule has 0 radical (unpaired) electrons. The minimum absolute atomic E-state index is 0.155. The summed E-state index contributed by atoms with van der Waals surface area (Å²) in [6, 6.07) is -1.21. The van der Waals surface area contributed by atoms with E-state index in [1.807, 2.05) is 0 Å². The van der Waals surface area contributed by atoms with E-state index in [4.69, 9.17) is 9.84 Å². The molecule has 0 aliphatic carbocycles. The molecule has 2 unspecified atom stereocenters. The topological polar surface area (TPSA) is 95.9 Å². The molecule has 6 nitrogen and oxygen atoms in total. The monoisotopic (exact) mass is 245 g/mol. The SMILES string of the molecule is C=CC(O)CC(NC(=O)OC(C)(C)C)C(=O)O. The first-order chi connectivity index (χ1) is 7.65. The lowest BCUT2D eigenvalue weighted by Crippen LogP contribution is -2.44. The first kappa shape index (κ1) is 15.4. The summed E-state index contributed by atoms with van der Waals surface area (Å²) in [5, 5.41) is 20.3. The van der Waals surface area contributed by atoms with Gasteiger partial charge in [0.1, 0.15) is 11.6 Å². The van der Waals surface area contributed by atoms with Crippen molar-refractivity contribution in [1.82, 2.24) is 5.32 Å². The molecule has 0 spiro atoms. The molecule has 0 aromatic heterocycles.